The van der Waals surface area contributed by atoms with Gasteiger partial charge in [-0.25, -0.2) is 13.2 Å². The van der Waals surface area contributed by atoms with E-state index >= 15 is 0 Å². The van der Waals surface area contributed by atoms with E-state index in [-0.39, 0.29) is 16.7 Å². The Hall–Kier alpha value is -1.33. The third-order valence-electron chi connectivity index (χ3n) is 2.85. The highest BCUT2D eigenvalue weighted by molar-refractivity contribution is 9.10. The van der Waals surface area contributed by atoms with Gasteiger partial charge in [0.05, 0.1) is 0 Å². The molecule has 0 spiro atoms. The maximum Gasteiger partial charge on any atom is 0.130 e. The molecule has 1 N–H and O–H groups in total. The van der Waals surface area contributed by atoms with Gasteiger partial charge in [-0.15, -0.1) is 0 Å². The van der Waals surface area contributed by atoms with Crippen LogP contribution in [0, 0.1) is 24.4 Å². The first-order valence-corrected chi connectivity index (χ1v) is 6.28. The van der Waals surface area contributed by atoms with Crippen LogP contribution in [0.3, 0.4) is 0 Å². The fourth-order valence-electron chi connectivity index (χ4n) is 1.80. The largest absolute Gasteiger partial charge is 0.383 e. The lowest BCUT2D eigenvalue weighted by molar-refractivity contribution is 0.208. The molecule has 0 aliphatic carbocycles. The van der Waals surface area contributed by atoms with Crippen molar-refractivity contribution in [1.82, 2.24) is 0 Å². The van der Waals surface area contributed by atoms with E-state index in [2.05, 4.69) is 15.9 Å². The molecule has 2 aromatic carbocycles. The van der Waals surface area contributed by atoms with Gasteiger partial charge in [-0.1, -0.05) is 22.0 Å². The Bertz CT molecular complexity index is 608. The second-order valence-electron chi connectivity index (χ2n) is 4.16. The van der Waals surface area contributed by atoms with Crippen LogP contribution in [0.5, 0.6) is 0 Å². The van der Waals surface area contributed by atoms with Crippen LogP contribution in [0.1, 0.15) is 22.8 Å². The number of hydrogen-bond acceptors (Lipinski definition) is 1. The smallest absolute Gasteiger partial charge is 0.130 e. The van der Waals surface area contributed by atoms with Crippen LogP contribution >= 0.6 is 15.9 Å². The molecule has 0 radical (unpaired) electrons. The summed E-state index contributed by atoms with van der Waals surface area (Å²) in [7, 11) is 0. The van der Waals surface area contributed by atoms with E-state index in [1.807, 2.05) is 0 Å². The van der Waals surface area contributed by atoms with Crippen molar-refractivity contribution in [1.29, 1.82) is 0 Å². The van der Waals surface area contributed by atoms with Gasteiger partial charge in [0.2, 0.25) is 0 Å². The van der Waals surface area contributed by atoms with Crippen molar-refractivity contribution in [2.24, 2.45) is 0 Å². The Labute approximate surface area is 116 Å². The number of benzene rings is 2. The Morgan fingerprint density at radius 2 is 1.74 bits per heavy atom. The topological polar surface area (TPSA) is 20.2 Å². The van der Waals surface area contributed by atoms with Crippen LogP contribution in [0.2, 0.25) is 0 Å². The summed E-state index contributed by atoms with van der Waals surface area (Å²) in [6, 6.07) is 5.97. The summed E-state index contributed by atoms with van der Waals surface area (Å²) < 4.78 is 41.2. The van der Waals surface area contributed by atoms with Gasteiger partial charge in [-0.2, -0.15) is 0 Å². The molecular formula is C14H10BrF3O. The average Bonchev–Trinajstić information content (AvgIpc) is 2.33. The van der Waals surface area contributed by atoms with E-state index in [0.717, 1.165) is 18.2 Å². The second kappa shape index (κ2) is 5.35. The predicted octanol–water partition coefficient (Wildman–Crippen LogP) is 4.26. The molecule has 0 aliphatic heterocycles. The SMILES string of the molecule is Cc1cc(F)c(C(O)c2c(F)cccc2Br)cc1F. The molecule has 2 rings (SSSR count). The predicted molar refractivity (Wildman–Crippen MR) is 69.3 cm³/mol. The summed E-state index contributed by atoms with van der Waals surface area (Å²) in [5.41, 5.74) is -0.292. The van der Waals surface area contributed by atoms with Gasteiger partial charge in [-0.05, 0) is 36.8 Å². The number of aliphatic hydroxyl groups is 1. The Morgan fingerprint density at radius 1 is 1.05 bits per heavy atom. The lowest BCUT2D eigenvalue weighted by Crippen LogP contribution is -2.07. The van der Waals surface area contributed by atoms with Crippen LogP contribution in [0.4, 0.5) is 13.2 Å². The fourth-order valence-corrected chi connectivity index (χ4v) is 2.36. The molecule has 5 heteroatoms. The Balaban J connectivity index is 2.56. The molecule has 0 amide bonds. The third kappa shape index (κ3) is 2.67. The molecule has 0 aromatic heterocycles. The maximum atomic E-state index is 13.8. The van der Waals surface area contributed by atoms with E-state index in [0.29, 0.717) is 4.47 Å². The number of aryl methyl sites for hydroxylation is 1. The third-order valence-corrected chi connectivity index (χ3v) is 3.54. The minimum absolute atomic E-state index is 0.121. The summed E-state index contributed by atoms with van der Waals surface area (Å²) in [6.45, 7) is 1.41. The second-order valence-corrected chi connectivity index (χ2v) is 5.02. The van der Waals surface area contributed by atoms with Crippen molar-refractivity contribution >= 4 is 15.9 Å². The highest BCUT2D eigenvalue weighted by atomic mass is 79.9. The lowest BCUT2D eigenvalue weighted by Gasteiger charge is -2.15. The summed E-state index contributed by atoms with van der Waals surface area (Å²) in [5.74, 6) is -2.12. The zero-order chi connectivity index (χ0) is 14.2. The van der Waals surface area contributed by atoms with Crippen LogP contribution < -0.4 is 0 Å². The van der Waals surface area contributed by atoms with Crippen molar-refractivity contribution in [3.63, 3.8) is 0 Å². The standard InChI is InChI=1S/C14H10BrF3O/c1-7-5-12(18)8(6-11(7)17)14(19)13-9(15)3-2-4-10(13)16/h2-6,14,19H,1H3. The molecule has 0 saturated carbocycles. The minimum atomic E-state index is -1.58. The van der Waals surface area contributed by atoms with Crippen LogP contribution in [-0.4, -0.2) is 5.11 Å². The molecule has 1 unspecified atom stereocenters. The summed E-state index contributed by atoms with van der Waals surface area (Å²) >= 11 is 3.09. The molecule has 0 bridgehead atoms. The number of hydrogen-bond donors (Lipinski definition) is 1. The number of aliphatic hydroxyl groups excluding tert-OH is 1. The molecule has 100 valence electrons. The van der Waals surface area contributed by atoms with E-state index in [1.165, 1.54) is 19.1 Å². The molecule has 0 heterocycles. The van der Waals surface area contributed by atoms with E-state index in [1.54, 1.807) is 0 Å². The first kappa shape index (κ1) is 14.1. The monoisotopic (exact) mass is 330 g/mol. The van der Waals surface area contributed by atoms with Crippen LogP contribution in [-0.2, 0) is 0 Å². The highest BCUT2D eigenvalue weighted by Gasteiger charge is 2.22. The quantitative estimate of drug-likeness (QED) is 0.872. The van der Waals surface area contributed by atoms with E-state index < -0.39 is 23.6 Å². The zero-order valence-electron chi connectivity index (χ0n) is 9.92. The summed E-state index contributed by atoms with van der Waals surface area (Å²) in [4.78, 5) is 0. The fraction of sp³-hybridized carbons (Fsp3) is 0.143. The highest BCUT2D eigenvalue weighted by Crippen LogP contribution is 2.32. The van der Waals surface area contributed by atoms with Gasteiger partial charge < -0.3 is 5.11 Å². The van der Waals surface area contributed by atoms with E-state index in [4.69, 9.17) is 0 Å². The van der Waals surface area contributed by atoms with Crippen molar-refractivity contribution in [3.05, 3.63) is 68.9 Å². The van der Waals surface area contributed by atoms with Gasteiger partial charge in [-0.3, -0.25) is 0 Å². The molecule has 0 fully saturated rings. The van der Waals surface area contributed by atoms with Gasteiger partial charge in [0.25, 0.3) is 0 Å². The first-order valence-electron chi connectivity index (χ1n) is 5.49. The zero-order valence-corrected chi connectivity index (χ0v) is 11.5. The molecular weight excluding hydrogens is 321 g/mol. The van der Waals surface area contributed by atoms with Gasteiger partial charge in [0.1, 0.15) is 23.6 Å². The first-order chi connectivity index (χ1) is 8.91. The summed E-state index contributed by atoms with van der Waals surface area (Å²) in [6.07, 6.45) is -1.58. The molecule has 2 aromatic rings. The Morgan fingerprint density at radius 3 is 2.37 bits per heavy atom. The molecule has 1 nitrogen and oxygen atoms in total. The molecule has 0 aliphatic rings. The lowest BCUT2D eigenvalue weighted by atomic mass is 9.99. The van der Waals surface area contributed by atoms with Crippen molar-refractivity contribution in [2.45, 2.75) is 13.0 Å². The van der Waals surface area contributed by atoms with Crippen LogP contribution in [0.15, 0.2) is 34.8 Å². The van der Waals surface area contributed by atoms with Crippen molar-refractivity contribution < 1.29 is 18.3 Å². The molecule has 19 heavy (non-hydrogen) atoms. The van der Waals surface area contributed by atoms with Gasteiger partial charge in [0, 0.05) is 15.6 Å². The molecule has 1 atom stereocenters. The van der Waals surface area contributed by atoms with Gasteiger partial charge >= 0.3 is 0 Å². The summed E-state index contributed by atoms with van der Waals surface area (Å²) in [5, 5.41) is 10.1. The van der Waals surface area contributed by atoms with Crippen molar-refractivity contribution in [2.75, 3.05) is 0 Å². The minimum Gasteiger partial charge on any atom is -0.383 e. The van der Waals surface area contributed by atoms with Gasteiger partial charge in [0.15, 0.2) is 0 Å². The Kier molecular flexibility index (Phi) is 3.96. The maximum absolute atomic E-state index is 13.8. The molecule has 0 saturated heterocycles. The average molecular weight is 331 g/mol. The van der Waals surface area contributed by atoms with E-state index in [9.17, 15) is 18.3 Å². The number of rotatable bonds is 2. The van der Waals surface area contributed by atoms with Crippen molar-refractivity contribution in [3.8, 4) is 0 Å². The number of halogens is 4. The van der Waals surface area contributed by atoms with Crippen LogP contribution in [0.25, 0.3) is 0 Å². The normalized spacial score (nSPS) is 12.5.